The fraction of sp³-hybridized carbons (Fsp3) is 0.600. The van der Waals surface area contributed by atoms with Crippen molar-refractivity contribution in [2.24, 2.45) is 5.92 Å². The molecule has 32 heavy (non-hydrogen) atoms. The average molecular weight is 443 g/mol. The summed E-state index contributed by atoms with van der Waals surface area (Å²) in [6.45, 7) is 2.40. The van der Waals surface area contributed by atoms with Gasteiger partial charge in [-0.15, -0.1) is 0 Å². The predicted octanol–water partition coefficient (Wildman–Crippen LogP) is 2.13. The molecule has 3 N–H and O–H groups in total. The van der Waals surface area contributed by atoms with Crippen molar-refractivity contribution in [3.8, 4) is 5.75 Å². The summed E-state index contributed by atoms with van der Waals surface area (Å²) in [7, 11) is 0. The van der Waals surface area contributed by atoms with Crippen molar-refractivity contribution in [2.45, 2.75) is 69.6 Å². The van der Waals surface area contributed by atoms with E-state index in [-0.39, 0.29) is 25.0 Å². The molecule has 2 aliphatic carbocycles. The highest BCUT2D eigenvalue weighted by atomic mass is 16.5. The minimum Gasteiger partial charge on any atom is -0.486 e. The van der Waals surface area contributed by atoms with Gasteiger partial charge in [0.25, 0.3) is 0 Å². The predicted molar refractivity (Wildman–Crippen MR) is 120 cm³/mol. The van der Waals surface area contributed by atoms with E-state index in [0.717, 1.165) is 18.4 Å². The summed E-state index contributed by atoms with van der Waals surface area (Å²) in [6.07, 6.45) is 6.24. The maximum Gasteiger partial charge on any atom is 0.247 e. The first-order chi connectivity index (χ1) is 15.5. The second kappa shape index (κ2) is 10.0. The van der Waals surface area contributed by atoms with E-state index < -0.39 is 24.2 Å². The molecule has 1 aliphatic heterocycles. The van der Waals surface area contributed by atoms with Crippen LogP contribution < -0.4 is 10.1 Å². The number of hydrogen-bond donors (Lipinski definition) is 3. The summed E-state index contributed by atoms with van der Waals surface area (Å²) in [5, 5.41) is 23.3. The van der Waals surface area contributed by atoms with Crippen LogP contribution in [0.15, 0.2) is 35.9 Å². The van der Waals surface area contributed by atoms with Crippen LogP contribution in [-0.4, -0.2) is 64.9 Å². The molecule has 1 saturated carbocycles. The SMILES string of the molecule is CCC(=O)N(CC1CCCCC1)[C@@H]1C=C(C(=O)NCCO)[C@@H]2c3ccccc3O[C@@H]2[C@H]1O. The van der Waals surface area contributed by atoms with Gasteiger partial charge in [0.05, 0.1) is 18.6 Å². The molecular weight excluding hydrogens is 408 g/mol. The summed E-state index contributed by atoms with van der Waals surface area (Å²) in [5.74, 6) is 0.326. The van der Waals surface area contributed by atoms with Gasteiger partial charge in [0.15, 0.2) is 0 Å². The van der Waals surface area contributed by atoms with Gasteiger partial charge in [-0.25, -0.2) is 0 Å². The largest absolute Gasteiger partial charge is 0.486 e. The van der Waals surface area contributed by atoms with Crippen LogP contribution in [0, 0.1) is 5.92 Å². The van der Waals surface area contributed by atoms with Gasteiger partial charge in [-0.1, -0.05) is 44.4 Å². The summed E-state index contributed by atoms with van der Waals surface area (Å²) in [5.41, 5.74) is 1.35. The van der Waals surface area contributed by atoms with Gasteiger partial charge < -0.3 is 25.2 Å². The maximum atomic E-state index is 13.1. The summed E-state index contributed by atoms with van der Waals surface area (Å²) < 4.78 is 6.13. The number of para-hydroxylation sites is 1. The Morgan fingerprint density at radius 2 is 1.94 bits per heavy atom. The number of aliphatic hydroxyl groups is 2. The Labute approximate surface area is 189 Å². The maximum absolute atomic E-state index is 13.1. The molecule has 0 aromatic heterocycles. The first-order valence-corrected chi connectivity index (χ1v) is 11.9. The quantitative estimate of drug-likeness (QED) is 0.601. The second-order valence-electron chi connectivity index (χ2n) is 9.08. The number of carbonyl (C=O) groups is 2. The minimum absolute atomic E-state index is 0.0278. The van der Waals surface area contributed by atoms with E-state index in [2.05, 4.69) is 5.32 Å². The van der Waals surface area contributed by atoms with Gasteiger partial charge in [0.2, 0.25) is 11.8 Å². The molecule has 0 spiro atoms. The molecule has 7 nitrogen and oxygen atoms in total. The highest BCUT2D eigenvalue weighted by molar-refractivity contribution is 5.96. The number of rotatable bonds is 7. The van der Waals surface area contributed by atoms with Crippen molar-refractivity contribution >= 4 is 11.8 Å². The van der Waals surface area contributed by atoms with E-state index in [9.17, 15) is 19.8 Å². The standard InChI is InChI=1S/C25H34N2O5/c1-2-21(29)27(15-16-8-4-3-5-9-16)19-14-18(25(31)26-12-13-28)22-17-10-6-7-11-20(17)32-24(22)23(19)30/h6-7,10-11,14,16,19,22-24,28,30H,2-5,8-9,12-13,15H2,1H3,(H,26,31)/t19-,22+,23+,24+/m1/s1. The van der Waals surface area contributed by atoms with Crippen molar-refractivity contribution in [3.63, 3.8) is 0 Å². The third kappa shape index (κ3) is 4.41. The average Bonchev–Trinajstić information content (AvgIpc) is 3.22. The number of ether oxygens (including phenoxy) is 1. The lowest BCUT2D eigenvalue weighted by Gasteiger charge is -2.42. The van der Waals surface area contributed by atoms with Crippen molar-refractivity contribution in [3.05, 3.63) is 41.5 Å². The Hall–Kier alpha value is -2.38. The van der Waals surface area contributed by atoms with E-state index >= 15 is 0 Å². The molecule has 1 heterocycles. The van der Waals surface area contributed by atoms with Gasteiger partial charge in [-0.3, -0.25) is 9.59 Å². The lowest BCUT2D eigenvalue weighted by atomic mass is 9.77. The van der Waals surface area contributed by atoms with Crippen LogP contribution in [-0.2, 0) is 9.59 Å². The number of amides is 2. The molecule has 0 bridgehead atoms. The number of carbonyl (C=O) groups excluding carboxylic acids is 2. The van der Waals surface area contributed by atoms with Gasteiger partial charge in [0.1, 0.15) is 18.0 Å². The van der Waals surface area contributed by atoms with Crippen molar-refractivity contribution in [2.75, 3.05) is 19.7 Å². The molecule has 3 aliphatic rings. The van der Waals surface area contributed by atoms with Crippen LogP contribution >= 0.6 is 0 Å². The third-order valence-corrected chi connectivity index (χ3v) is 7.04. The number of benzene rings is 1. The molecule has 4 rings (SSSR count). The van der Waals surface area contributed by atoms with Crippen molar-refractivity contribution < 1.29 is 24.5 Å². The topological polar surface area (TPSA) is 99.1 Å². The van der Waals surface area contributed by atoms with Crippen LogP contribution in [0.5, 0.6) is 5.75 Å². The van der Waals surface area contributed by atoms with Crippen LogP contribution in [0.2, 0.25) is 0 Å². The Balaban J connectivity index is 1.70. The first-order valence-electron chi connectivity index (χ1n) is 11.9. The molecule has 0 unspecified atom stereocenters. The molecule has 4 atom stereocenters. The number of hydrogen-bond acceptors (Lipinski definition) is 5. The number of nitrogens with one attached hydrogen (secondary N) is 1. The zero-order valence-corrected chi connectivity index (χ0v) is 18.7. The number of fused-ring (bicyclic) bond motifs is 3. The lowest BCUT2D eigenvalue weighted by Crippen LogP contribution is -2.56. The van der Waals surface area contributed by atoms with Crippen LogP contribution in [0.25, 0.3) is 0 Å². The van der Waals surface area contributed by atoms with Gasteiger partial charge >= 0.3 is 0 Å². The molecule has 1 aromatic carbocycles. The molecule has 174 valence electrons. The van der Waals surface area contributed by atoms with Crippen LogP contribution in [0.1, 0.15) is 56.9 Å². The molecule has 7 heteroatoms. The van der Waals surface area contributed by atoms with Gasteiger partial charge in [-0.05, 0) is 30.9 Å². The van der Waals surface area contributed by atoms with Crippen LogP contribution in [0.3, 0.4) is 0 Å². The van der Waals surface area contributed by atoms with E-state index in [1.807, 2.05) is 31.2 Å². The summed E-state index contributed by atoms with van der Waals surface area (Å²) in [4.78, 5) is 27.8. The molecule has 2 amide bonds. The molecule has 0 saturated heterocycles. The Kier molecular flexibility index (Phi) is 7.16. The second-order valence-corrected chi connectivity index (χ2v) is 9.08. The number of nitrogens with zero attached hydrogens (tertiary/aromatic N) is 1. The molecular formula is C25H34N2O5. The molecule has 0 radical (unpaired) electrons. The Bertz CT molecular complexity index is 864. The third-order valence-electron chi connectivity index (χ3n) is 7.04. The normalized spacial score (nSPS) is 27.0. The zero-order valence-electron chi connectivity index (χ0n) is 18.7. The van der Waals surface area contributed by atoms with E-state index in [1.165, 1.54) is 19.3 Å². The van der Waals surface area contributed by atoms with E-state index in [0.29, 0.717) is 30.2 Å². The summed E-state index contributed by atoms with van der Waals surface area (Å²) in [6, 6.07) is 6.88. The molecule has 1 fully saturated rings. The Morgan fingerprint density at radius 1 is 1.19 bits per heavy atom. The van der Waals surface area contributed by atoms with Gasteiger partial charge in [0, 0.05) is 30.6 Å². The minimum atomic E-state index is -0.944. The first kappa shape index (κ1) is 22.8. The fourth-order valence-electron chi connectivity index (χ4n) is 5.43. The number of aliphatic hydroxyl groups excluding tert-OH is 2. The fourth-order valence-corrected chi connectivity index (χ4v) is 5.43. The highest BCUT2D eigenvalue weighted by Gasteiger charge is 2.50. The highest BCUT2D eigenvalue weighted by Crippen LogP contribution is 2.47. The van der Waals surface area contributed by atoms with E-state index in [1.54, 1.807) is 11.0 Å². The Morgan fingerprint density at radius 3 is 2.66 bits per heavy atom. The zero-order chi connectivity index (χ0) is 22.7. The lowest BCUT2D eigenvalue weighted by molar-refractivity contribution is -0.138. The van der Waals surface area contributed by atoms with Crippen molar-refractivity contribution in [1.29, 1.82) is 0 Å². The summed E-state index contributed by atoms with van der Waals surface area (Å²) >= 11 is 0. The van der Waals surface area contributed by atoms with Crippen molar-refractivity contribution in [1.82, 2.24) is 10.2 Å². The van der Waals surface area contributed by atoms with E-state index in [4.69, 9.17) is 4.74 Å². The molecule has 1 aromatic rings. The smallest absolute Gasteiger partial charge is 0.247 e. The monoisotopic (exact) mass is 442 g/mol. The van der Waals surface area contributed by atoms with Crippen LogP contribution in [0.4, 0.5) is 0 Å². The van der Waals surface area contributed by atoms with Gasteiger partial charge in [-0.2, -0.15) is 0 Å².